The number of rotatable bonds is 5. The van der Waals surface area contributed by atoms with Gasteiger partial charge in [0.1, 0.15) is 0 Å². The summed E-state index contributed by atoms with van der Waals surface area (Å²) in [4.78, 5) is 12.2. The minimum atomic E-state index is -4.39. The SMILES string of the molecule is CC(CC(=O)NC(C)c1cccc(C(F)(F)F)c1)c1ccccc1. The van der Waals surface area contributed by atoms with Crippen molar-refractivity contribution in [1.82, 2.24) is 5.32 Å². The van der Waals surface area contributed by atoms with Gasteiger partial charge < -0.3 is 5.32 Å². The molecular weight excluding hydrogens is 315 g/mol. The van der Waals surface area contributed by atoms with E-state index in [2.05, 4.69) is 5.32 Å². The highest BCUT2D eigenvalue weighted by atomic mass is 19.4. The third-order valence-corrected chi connectivity index (χ3v) is 3.95. The molecule has 24 heavy (non-hydrogen) atoms. The van der Waals surface area contributed by atoms with E-state index in [1.54, 1.807) is 13.0 Å². The number of halogens is 3. The molecule has 0 spiro atoms. The van der Waals surface area contributed by atoms with Crippen LogP contribution in [0.4, 0.5) is 13.2 Å². The fourth-order valence-corrected chi connectivity index (χ4v) is 2.55. The zero-order chi connectivity index (χ0) is 17.7. The Morgan fingerprint density at radius 1 is 1.00 bits per heavy atom. The van der Waals surface area contributed by atoms with Crippen LogP contribution in [0.5, 0.6) is 0 Å². The number of carbonyl (C=O) groups is 1. The Morgan fingerprint density at radius 2 is 1.62 bits per heavy atom. The predicted molar refractivity (Wildman–Crippen MR) is 87.5 cm³/mol. The van der Waals surface area contributed by atoms with Crippen LogP contribution in [0, 0.1) is 0 Å². The lowest BCUT2D eigenvalue weighted by Gasteiger charge is -2.18. The lowest BCUT2D eigenvalue weighted by molar-refractivity contribution is -0.137. The summed E-state index contributed by atoms with van der Waals surface area (Å²) in [6.07, 6.45) is -4.10. The smallest absolute Gasteiger partial charge is 0.350 e. The molecule has 0 radical (unpaired) electrons. The Hall–Kier alpha value is -2.30. The molecule has 0 heterocycles. The lowest BCUT2D eigenvalue weighted by Crippen LogP contribution is -2.27. The molecule has 0 aliphatic carbocycles. The number of nitrogens with one attached hydrogen (secondary N) is 1. The zero-order valence-corrected chi connectivity index (χ0v) is 13.6. The van der Waals surface area contributed by atoms with Crippen molar-refractivity contribution in [2.45, 2.75) is 38.4 Å². The number of hydrogen-bond acceptors (Lipinski definition) is 1. The lowest BCUT2D eigenvalue weighted by atomic mass is 9.97. The average Bonchev–Trinajstić information content (AvgIpc) is 2.54. The molecule has 2 aromatic carbocycles. The maximum absolute atomic E-state index is 12.8. The molecular formula is C19H20F3NO. The van der Waals surface area contributed by atoms with Crippen LogP contribution in [-0.4, -0.2) is 5.91 Å². The van der Waals surface area contributed by atoms with E-state index in [0.717, 1.165) is 17.7 Å². The highest BCUT2D eigenvalue weighted by Gasteiger charge is 2.30. The van der Waals surface area contributed by atoms with Crippen LogP contribution in [0.15, 0.2) is 54.6 Å². The van der Waals surface area contributed by atoms with Gasteiger partial charge in [0.15, 0.2) is 0 Å². The second-order valence-corrected chi connectivity index (χ2v) is 5.93. The summed E-state index contributed by atoms with van der Waals surface area (Å²) in [6.45, 7) is 3.63. The number of hydrogen-bond donors (Lipinski definition) is 1. The Balaban J connectivity index is 1.99. The number of carbonyl (C=O) groups excluding carboxylic acids is 1. The van der Waals surface area contributed by atoms with Crippen molar-refractivity contribution < 1.29 is 18.0 Å². The van der Waals surface area contributed by atoms with Crippen molar-refractivity contribution in [1.29, 1.82) is 0 Å². The van der Waals surface area contributed by atoms with E-state index in [9.17, 15) is 18.0 Å². The van der Waals surface area contributed by atoms with Gasteiger partial charge >= 0.3 is 6.18 Å². The summed E-state index contributed by atoms with van der Waals surface area (Å²) in [5.74, 6) is -0.142. The Bertz CT molecular complexity index is 683. The highest BCUT2D eigenvalue weighted by molar-refractivity contribution is 5.77. The van der Waals surface area contributed by atoms with Crippen LogP contribution >= 0.6 is 0 Å². The van der Waals surface area contributed by atoms with Crippen LogP contribution in [-0.2, 0) is 11.0 Å². The fourth-order valence-electron chi connectivity index (χ4n) is 2.55. The van der Waals surface area contributed by atoms with Gasteiger partial charge in [-0.25, -0.2) is 0 Å². The molecule has 2 unspecified atom stereocenters. The first kappa shape index (κ1) is 18.0. The third kappa shape index (κ3) is 4.85. The van der Waals surface area contributed by atoms with Crippen molar-refractivity contribution in [3.8, 4) is 0 Å². The molecule has 0 aliphatic heterocycles. The highest BCUT2D eigenvalue weighted by Crippen LogP contribution is 2.30. The maximum atomic E-state index is 12.8. The number of amides is 1. The van der Waals surface area contributed by atoms with Crippen LogP contribution in [0.3, 0.4) is 0 Å². The van der Waals surface area contributed by atoms with Crippen LogP contribution in [0.2, 0.25) is 0 Å². The molecule has 1 N–H and O–H groups in total. The Kier molecular flexibility index (Phi) is 5.65. The molecule has 0 bridgehead atoms. The van der Waals surface area contributed by atoms with E-state index in [1.165, 1.54) is 6.07 Å². The summed E-state index contributed by atoms with van der Waals surface area (Å²) in [5.41, 5.74) is 0.781. The fraction of sp³-hybridized carbons (Fsp3) is 0.316. The molecule has 0 saturated heterocycles. The largest absolute Gasteiger partial charge is 0.416 e. The van der Waals surface area contributed by atoms with E-state index in [1.807, 2.05) is 37.3 Å². The van der Waals surface area contributed by atoms with E-state index < -0.39 is 17.8 Å². The van der Waals surface area contributed by atoms with Crippen molar-refractivity contribution >= 4 is 5.91 Å². The summed E-state index contributed by atoms with van der Waals surface area (Å²) >= 11 is 0. The van der Waals surface area contributed by atoms with Gasteiger partial charge in [0.2, 0.25) is 5.91 Å². The van der Waals surface area contributed by atoms with E-state index in [-0.39, 0.29) is 18.2 Å². The molecule has 1 amide bonds. The Morgan fingerprint density at radius 3 is 2.25 bits per heavy atom. The Labute approximate surface area is 139 Å². The number of alkyl halides is 3. The van der Waals surface area contributed by atoms with Crippen molar-refractivity contribution in [3.63, 3.8) is 0 Å². The molecule has 0 fully saturated rings. The van der Waals surface area contributed by atoms with E-state index >= 15 is 0 Å². The second-order valence-electron chi connectivity index (χ2n) is 5.93. The van der Waals surface area contributed by atoms with Crippen LogP contribution in [0.1, 0.15) is 48.9 Å². The minimum Gasteiger partial charge on any atom is -0.350 e. The van der Waals surface area contributed by atoms with Gasteiger partial charge in [0, 0.05) is 6.42 Å². The van der Waals surface area contributed by atoms with Gasteiger partial charge in [-0.05, 0) is 36.1 Å². The van der Waals surface area contributed by atoms with E-state index in [4.69, 9.17) is 0 Å². The molecule has 128 valence electrons. The maximum Gasteiger partial charge on any atom is 0.416 e. The zero-order valence-electron chi connectivity index (χ0n) is 13.6. The van der Waals surface area contributed by atoms with Crippen molar-refractivity contribution in [2.24, 2.45) is 0 Å². The summed E-state index contributed by atoms with van der Waals surface area (Å²) in [7, 11) is 0. The average molecular weight is 335 g/mol. The summed E-state index contributed by atoms with van der Waals surface area (Å²) < 4.78 is 38.3. The van der Waals surface area contributed by atoms with Gasteiger partial charge in [0.25, 0.3) is 0 Å². The number of benzene rings is 2. The van der Waals surface area contributed by atoms with Gasteiger partial charge in [-0.2, -0.15) is 13.2 Å². The van der Waals surface area contributed by atoms with Gasteiger partial charge in [-0.15, -0.1) is 0 Å². The topological polar surface area (TPSA) is 29.1 Å². The second kappa shape index (κ2) is 7.51. The monoisotopic (exact) mass is 335 g/mol. The third-order valence-electron chi connectivity index (χ3n) is 3.95. The first-order valence-electron chi connectivity index (χ1n) is 7.79. The molecule has 2 rings (SSSR count). The summed E-state index contributed by atoms with van der Waals surface area (Å²) in [5, 5.41) is 2.77. The van der Waals surface area contributed by atoms with Crippen molar-refractivity contribution in [2.75, 3.05) is 0 Å². The quantitative estimate of drug-likeness (QED) is 0.811. The van der Waals surface area contributed by atoms with Crippen molar-refractivity contribution in [3.05, 3.63) is 71.3 Å². The standard InChI is InChI=1S/C19H20F3NO/c1-13(15-7-4-3-5-8-15)11-18(24)23-14(2)16-9-6-10-17(12-16)19(20,21)22/h3-10,12-14H,11H2,1-2H3,(H,23,24). The molecule has 0 aliphatic rings. The van der Waals surface area contributed by atoms with Gasteiger partial charge in [0.05, 0.1) is 11.6 Å². The van der Waals surface area contributed by atoms with Crippen LogP contribution in [0.25, 0.3) is 0 Å². The molecule has 2 atom stereocenters. The molecule has 2 nitrogen and oxygen atoms in total. The first-order chi connectivity index (χ1) is 11.3. The molecule has 5 heteroatoms. The van der Waals surface area contributed by atoms with Crippen LogP contribution < -0.4 is 5.32 Å². The normalized spacial score (nSPS) is 14.0. The summed E-state index contributed by atoms with van der Waals surface area (Å²) in [6, 6.07) is 14.2. The van der Waals surface area contributed by atoms with Gasteiger partial charge in [-0.1, -0.05) is 49.4 Å². The van der Waals surface area contributed by atoms with Gasteiger partial charge in [-0.3, -0.25) is 4.79 Å². The predicted octanol–water partition coefficient (Wildman–Crippen LogP) is 5.08. The van der Waals surface area contributed by atoms with E-state index in [0.29, 0.717) is 5.56 Å². The minimum absolute atomic E-state index is 0.0416. The molecule has 0 aromatic heterocycles. The molecule has 2 aromatic rings. The molecule has 0 saturated carbocycles. The first-order valence-corrected chi connectivity index (χ1v) is 7.79.